The topological polar surface area (TPSA) is 50.4 Å². The van der Waals surface area contributed by atoms with Crippen LogP contribution in [-0.2, 0) is 9.53 Å². The zero-order valence-electron chi connectivity index (χ0n) is 10.7. The van der Waals surface area contributed by atoms with Crippen molar-refractivity contribution in [3.8, 4) is 0 Å². The number of carbonyl (C=O) groups excluding carboxylic acids is 1. The van der Waals surface area contributed by atoms with Crippen molar-refractivity contribution in [2.24, 2.45) is 0 Å². The summed E-state index contributed by atoms with van der Waals surface area (Å²) in [5.41, 5.74) is 0.588. The lowest BCUT2D eigenvalue weighted by molar-refractivity contribution is -0.128. The average Bonchev–Trinajstić information content (AvgIpc) is 2.39. The Bertz CT molecular complexity index is 386. The van der Waals surface area contributed by atoms with Gasteiger partial charge in [0.25, 0.3) is 0 Å². The molecular weight excluding hydrogens is 228 g/mol. The third-order valence-electron chi connectivity index (χ3n) is 3.17. The van der Waals surface area contributed by atoms with E-state index in [0.29, 0.717) is 0 Å². The van der Waals surface area contributed by atoms with Gasteiger partial charge in [-0.3, -0.25) is 4.79 Å². The second kappa shape index (κ2) is 5.98. The van der Waals surface area contributed by atoms with Crippen molar-refractivity contribution in [2.45, 2.75) is 25.4 Å². The first-order valence-electron chi connectivity index (χ1n) is 6.38. The molecule has 4 nitrogen and oxygen atoms in total. The molecule has 1 aliphatic heterocycles. The van der Waals surface area contributed by atoms with E-state index < -0.39 is 0 Å². The second-order valence-corrected chi connectivity index (χ2v) is 4.93. The molecule has 2 N–H and O–H groups in total. The molecule has 0 aromatic heterocycles. The van der Waals surface area contributed by atoms with Crippen molar-refractivity contribution in [2.75, 3.05) is 25.0 Å². The zero-order valence-corrected chi connectivity index (χ0v) is 10.7. The van der Waals surface area contributed by atoms with Gasteiger partial charge in [-0.2, -0.15) is 0 Å². The standard InChI is InChI=1S/C14H20N2O2/c1-14(8-5-9-15-11-14)18-10-13(17)16-12-6-3-2-4-7-12/h2-4,6-7,15H,5,8-11H2,1H3,(H,16,17). The molecule has 18 heavy (non-hydrogen) atoms. The van der Waals surface area contributed by atoms with Gasteiger partial charge in [0.1, 0.15) is 6.61 Å². The van der Waals surface area contributed by atoms with Crippen LogP contribution < -0.4 is 10.6 Å². The Balaban J connectivity index is 1.78. The van der Waals surface area contributed by atoms with Crippen LogP contribution in [0.4, 0.5) is 5.69 Å². The molecular formula is C14H20N2O2. The third kappa shape index (κ3) is 3.82. The van der Waals surface area contributed by atoms with Gasteiger partial charge >= 0.3 is 0 Å². The van der Waals surface area contributed by atoms with E-state index in [1.165, 1.54) is 0 Å². The van der Waals surface area contributed by atoms with E-state index in [9.17, 15) is 4.79 Å². The Morgan fingerprint density at radius 1 is 1.44 bits per heavy atom. The van der Waals surface area contributed by atoms with Crippen molar-refractivity contribution in [3.05, 3.63) is 30.3 Å². The number of para-hydroxylation sites is 1. The van der Waals surface area contributed by atoms with E-state index in [2.05, 4.69) is 17.6 Å². The highest BCUT2D eigenvalue weighted by atomic mass is 16.5. The summed E-state index contributed by atoms with van der Waals surface area (Å²) < 4.78 is 5.73. The molecule has 4 heteroatoms. The van der Waals surface area contributed by atoms with E-state index in [1.807, 2.05) is 30.3 Å². The van der Waals surface area contributed by atoms with Crippen LogP contribution in [0.3, 0.4) is 0 Å². The summed E-state index contributed by atoms with van der Waals surface area (Å²) >= 11 is 0. The SMILES string of the molecule is CC1(OCC(=O)Nc2ccccc2)CCCNC1. The Morgan fingerprint density at radius 3 is 2.89 bits per heavy atom. The maximum atomic E-state index is 11.7. The molecule has 1 fully saturated rings. The number of rotatable bonds is 4. The van der Waals surface area contributed by atoms with Crippen LogP contribution in [0.25, 0.3) is 0 Å². The maximum Gasteiger partial charge on any atom is 0.250 e. The van der Waals surface area contributed by atoms with Crippen molar-refractivity contribution in [1.29, 1.82) is 0 Å². The number of hydrogen-bond donors (Lipinski definition) is 2. The number of piperidine rings is 1. The number of amides is 1. The predicted octanol–water partition coefficient (Wildman–Crippen LogP) is 1.78. The van der Waals surface area contributed by atoms with Crippen molar-refractivity contribution in [3.63, 3.8) is 0 Å². The van der Waals surface area contributed by atoms with Crippen LogP contribution in [0.5, 0.6) is 0 Å². The van der Waals surface area contributed by atoms with E-state index in [0.717, 1.165) is 31.6 Å². The number of hydrogen-bond acceptors (Lipinski definition) is 3. The normalized spacial score (nSPS) is 23.6. The molecule has 1 aromatic rings. The molecule has 0 bridgehead atoms. The van der Waals surface area contributed by atoms with Crippen LogP contribution >= 0.6 is 0 Å². The summed E-state index contributed by atoms with van der Waals surface area (Å²) in [5, 5.41) is 6.11. The van der Waals surface area contributed by atoms with Gasteiger partial charge in [-0.15, -0.1) is 0 Å². The monoisotopic (exact) mass is 248 g/mol. The molecule has 1 amide bonds. The summed E-state index contributed by atoms with van der Waals surface area (Å²) in [6, 6.07) is 9.43. The Kier molecular flexibility index (Phi) is 4.33. The molecule has 0 saturated carbocycles. The fourth-order valence-electron chi connectivity index (χ4n) is 2.11. The van der Waals surface area contributed by atoms with Crippen LogP contribution in [0.15, 0.2) is 30.3 Å². The smallest absolute Gasteiger partial charge is 0.250 e. The molecule has 1 heterocycles. The molecule has 1 aliphatic rings. The minimum absolute atomic E-state index is 0.104. The van der Waals surface area contributed by atoms with Gasteiger partial charge in [-0.1, -0.05) is 18.2 Å². The van der Waals surface area contributed by atoms with Gasteiger partial charge in [0, 0.05) is 12.2 Å². The lowest BCUT2D eigenvalue weighted by atomic mass is 9.96. The first-order chi connectivity index (χ1) is 8.68. The molecule has 0 spiro atoms. The van der Waals surface area contributed by atoms with Gasteiger partial charge in [-0.25, -0.2) is 0 Å². The van der Waals surface area contributed by atoms with Crippen LogP contribution in [0.2, 0.25) is 0 Å². The number of anilines is 1. The van der Waals surface area contributed by atoms with Gasteiger partial charge in [0.05, 0.1) is 5.60 Å². The molecule has 1 aromatic carbocycles. The Labute approximate surface area is 108 Å². The summed E-state index contributed by atoms with van der Waals surface area (Å²) in [4.78, 5) is 11.7. The lowest BCUT2D eigenvalue weighted by Gasteiger charge is -2.33. The molecule has 98 valence electrons. The Hall–Kier alpha value is -1.39. The van der Waals surface area contributed by atoms with Crippen molar-refractivity contribution < 1.29 is 9.53 Å². The van der Waals surface area contributed by atoms with Crippen molar-refractivity contribution in [1.82, 2.24) is 5.32 Å². The second-order valence-electron chi connectivity index (χ2n) is 4.93. The molecule has 1 saturated heterocycles. The minimum Gasteiger partial charge on any atom is -0.364 e. The summed E-state index contributed by atoms with van der Waals surface area (Å²) in [7, 11) is 0. The van der Waals surface area contributed by atoms with Crippen LogP contribution in [0, 0.1) is 0 Å². The van der Waals surface area contributed by atoms with Gasteiger partial charge in [0.15, 0.2) is 0 Å². The van der Waals surface area contributed by atoms with E-state index in [4.69, 9.17) is 4.74 Å². The molecule has 2 rings (SSSR count). The highest BCUT2D eigenvalue weighted by Crippen LogP contribution is 2.19. The minimum atomic E-state index is -0.216. The average molecular weight is 248 g/mol. The first kappa shape index (κ1) is 13.1. The fraction of sp³-hybridized carbons (Fsp3) is 0.500. The zero-order chi connectivity index (χ0) is 12.8. The number of carbonyl (C=O) groups is 1. The van der Waals surface area contributed by atoms with Crippen molar-refractivity contribution >= 4 is 11.6 Å². The number of nitrogens with one attached hydrogen (secondary N) is 2. The third-order valence-corrected chi connectivity index (χ3v) is 3.17. The van der Waals surface area contributed by atoms with Crippen LogP contribution in [0.1, 0.15) is 19.8 Å². The highest BCUT2D eigenvalue weighted by molar-refractivity contribution is 5.91. The quantitative estimate of drug-likeness (QED) is 0.854. The molecule has 0 aliphatic carbocycles. The Morgan fingerprint density at radius 2 is 2.22 bits per heavy atom. The number of ether oxygens (including phenoxy) is 1. The van der Waals surface area contributed by atoms with E-state index in [-0.39, 0.29) is 18.1 Å². The molecule has 1 unspecified atom stereocenters. The van der Waals surface area contributed by atoms with E-state index in [1.54, 1.807) is 0 Å². The lowest BCUT2D eigenvalue weighted by Crippen LogP contribution is -2.46. The predicted molar refractivity (Wildman–Crippen MR) is 71.5 cm³/mol. The fourth-order valence-corrected chi connectivity index (χ4v) is 2.11. The van der Waals surface area contributed by atoms with Crippen LogP contribution in [-0.4, -0.2) is 31.2 Å². The summed E-state index contributed by atoms with van der Waals surface area (Å²) in [5.74, 6) is -0.104. The summed E-state index contributed by atoms with van der Waals surface area (Å²) in [6.45, 7) is 4.00. The molecule has 0 radical (unpaired) electrons. The maximum absolute atomic E-state index is 11.7. The van der Waals surface area contributed by atoms with Gasteiger partial charge < -0.3 is 15.4 Å². The van der Waals surface area contributed by atoms with Gasteiger partial charge in [-0.05, 0) is 38.4 Å². The largest absolute Gasteiger partial charge is 0.364 e. The highest BCUT2D eigenvalue weighted by Gasteiger charge is 2.28. The van der Waals surface area contributed by atoms with Gasteiger partial charge in [0.2, 0.25) is 5.91 Å². The number of benzene rings is 1. The first-order valence-corrected chi connectivity index (χ1v) is 6.38. The van der Waals surface area contributed by atoms with E-state index >= 15 is 0 Å². The summed E-state index contributed by atoms with van der Waals surface area (Å²) in [6.07, 6.45) is 2.09. The molecule has 1 atom stereocenters.